The Bertz CT molecular complexity index is 733. The highest BCUT2D eigenvalue weighted by Gasteiger charge is 2.27. The van der Waals surface area contributed by atoms with Crippen molar-refractivity contribution in [2.24, 2.45) is 0 Å². The molecule has 22 heavy (non-hydrogen) atoms. The molecule has 0 atom stereocenters. The molecule has 1 N–H and O–H groups in total. The van der Waals surface area contributed by atoms with Gasteiger partial charge in [-0.15, -0.1) is 0 Å². The van der Waals surface area contributed by atoms with Crippen LogP contribution in [0.25, 0.3) is 11.0 Å². The van der Waals surface area contributed by atoms with Gasteiger partial charge < -0.3 is 19.1 Å². The molecule has 0 bridgehead atoms. The van der Waals surface area contributed by atoms with Gasteiger partial charge in [-0.25, -0.2) is 4.98 Å². The number of benzene rings is 1. The highest BCUT2D eigenvalue weighted by atomic mass is 16.6. The number of ether oxygens (including phenoxy) is 2. The molecule has 6 heteroatoms. The summed E-state index contributed by atoms with van der Waals surface area (Å²) in [5.41, 5.74) is 1.80. The number of carboxylic acids is 1. The fraction of sp³-hybridized carbons (Fsp3) is 0.500. The molecular formula is C16H18N2O4. The van der Waals surface area contributed by atoms with Crippen LogP contribution in [0.2, 0.25) is 0 Å². The number of fused-ring (bicyclic) bond motifs is 2. The minimum Gasteiger partial charge on any atom is -0.486 e. The molecule has 0 unspecified atom stereocenters. The van der Waals surface area contributed by atoms with Crippen LogP contribution in [-0.2, 0) is 11.3 Å². The van der Waals surface area contributed by atoms with Crippen molar-refractivity contribution in [3.05, 3.63) is 18.0 Å². The third kappa shape index (κ3) is 2.19. The van der Waals surface area contributed by atoms with E-state index in [4.69, 9.17) is 19.6 Å². The first kappa shape index (κ1) is 13.4. The molecule has 2 aliphatic rings. The van der Waals surface area contributed by atoms with Crippen molar-refractivity contribution in [2.45, 2.75) is 38.1 Å². The second-order valence-corrected chi connectivity index (χ2v) is 5.88. The average Bonchev–Trinajstić information content (AvgIpc) is 2.78. The molecule has 2 heterocycles. The van der Waals surface area contributed by atoms with Gasteiger partial charge in [0, 0.05) is 24.6 Å². The van der Waals surface area contributed by atoms with Gasteiger partial charge in [0.2, 0.25) is 0 Å². The zero-order valence-corrected chi connectivity index (χ0v) is 12.2. The van der Waals surface area contributed by atoms with Crippen LogP contribution in [0.15, 0.2) is 12.1 Å². The van der Waals surface area contributed by atoms with Gasteiger partial charge in [0.15, 0.2) is 11.5 Å². The van der Waals surface area contributed by atoms with E-state index in [1.165, 1.54) is 6.42 Å². The summed E-state index contributed by atoms with van der Waals surface area (Å²) < 4.78 is 13.3. The number of hydrogen-bond donors (Lipinski definition) is 1. The predicted octanol–water partition coefficient (Wildman–Crippen LogP) is 2.55. The monoisotopic (exact) mass is 302 g/mol. The van der Waals surface area contributed by atoms with Gasteiger partial charge in [0.05, 0.1) is 17.5 Å². The molecule has 6 nitrogen and oxygen atoms in total. The minimum atomic E-state index is -0.793. The Hall–Kier alpha value is -2.24. The second-order valence-electron chi connectivity index (χ2n) is 5.88. The SMILES string of the molecule is O=C(O)CCn1c(C2CCC2)nc2cc3c(cc21)OCCO3. The number of nitrogens with zero attached hydrogens (tertiary/aromatic N) is 2. The number of aryl methyl sites for hydroxylation is 1. The Labute approximate surface area is 127 Å². The summed E-state index contributed by atoms with van der Waals surface area (Å²) >= 11 is 0. The van der Waals surface area contributed by atoms with Crippen LogP contribution in [0.1, 0.15) is 37.4 Å². The molecule has 0 saturated heterocycles. The maximum absolute atomic E-state index is 10.9. The number of hydrogen-bond acceptors (Lipinski definition) is 4. The summed E-state index contributed by atoms with van der Waals surface area (Å²) in [7, 11) is 0. The van der Waals surface area contributed by atoms with Gasteiger partial charge in [-0.3, -0.25) is 4.79 Å². The predicted molar refractivity (Wildman–Crippen MR) is 79.6 cm³/mol. The molecule has 4 rings (SSSR count). The maximum Gasteiger partial charge on any atom is 0.305 e. The maximum atomic E-state index is 10.9. The van der Waals surface area contributed by atoms with E-state index in [1.54, 1.807) is 0 Å². The standard InChI is InChI=1S/C16H18N2O4/c19-15(20)4-5-18-12-9-14-13(21-6-7-22-14)8-11(12)17-16(18)10-2-1-3-10/h8-10H,1-7H2,(H,19,20). The summed E-state index contributed by atoms with van der Waals surface area (Å²) in [6.07, 6.45) is 3.57. The topological polar surface area (TPSA) is 73.6 Å². The largest absolute Gasteiger partial charge is 0.486 e. The number of aromatic nitrogens is 2. The number of rotatable bonds is 4. The van der Waals surface area contributed by atoms with Crippen molar-refractivity contribution in [3.63, 3.8) is 0 Å². The van der Waals surface area contributed by atoms with E-state index < -0.39 is 5.97 Å². The molecule has 1 saturated carbocycles. The highest BCUT2D eigenvalue weighted by Crippen LogP contribution is 2.40. The van der Waals surface area contributed by atoms with Crippen molar-refractivity contribution >= 4 is 17.0 Å². The summed E-state index contributed by atoms with van der Waals surface area (Å²) in [6.45, 7) is 1.53. The van der Waals surface area contributed by atoms with Crippen LogP contribution in [0.3, 0.4) is 0 Å². The number of imidazole rings is 1. The fourth-order valence-corrected chi connectivity index (χ4v) is 3.10. The van der Waals surface area contributed by atoms with Crippen molar-refractivity contribution in [2.75, 3.05) is 13.2 Å². The lowest BCUT2D eigenvalue weighted by Gasteiger charge is -2.25. The quantitative estimate of drug-likeness (QED) is 0.939. The smallest absolute Gasteiger partial charge is 0.305 e. The van der Waals surface area contributed by atoms with Crippen LogP contribution in [0.4, 0.5) is 0 Å². The molecule has 116 valence electrons. The second kappa shape index (κ2) is 5.19. The van der Waals surface area contributed by atoms with Gasteiger partial charge in [-0.05, 0) is 12.8 Å². The van der Waals surface area contributed by atoms with Crippen molar-refractivity contribution < 1.29 is 19.4 Å². The van der Waals surface area contributed by atoms with Crippen LogP contribution in [0, 0.1) is 0 Å². The van der Waals surface area contributed by atoms with E-state index in [-0.39, 0.29) is 6.42 Å². The number of carboxylic acid groups (broad SMARTS) is 1. The Kier molecular flexibility index (Phi) is 3.17. The first-order valence-electron chi connectivity index (χ1n) is 7.74. The molecule has 1 aromatic heterocycles. The lowest BCUT2D eigenvalue weighted by atomic mass is 9.85. The molecule has 1 aromatic carbocycles. The minimum absolute atomic E-state index is 0.0968. The molecule has 1 fully saturated rings. The van der Waals surface area contributed by atoms with Crippen LogP contribution in [0.5, 0.6) is 11.5 Å². The molecule has 0 spiro atoms. The van der Waals surface area contributed by atoms with Gasteiger partial charge in [-0.2, -0.15) is 0 Å². The van der Waals surface area contributed by atoms with E-state index in [0.717, 1.165) is 41.2 Å². The normalized spacial score (nSPS) is 17.5. The van der Waals surface area contributed by atoms with Crippen LogP contribution in [-0.4, -0.2) is 33.8 Å². The van der Waals surface area contributed by atoms with Gasteiger partial charge >= 0.3 is 5.97 Å². The van der Waals surface area contributed by atoms with Crippen LogP contribution >= 0.6 is 0 Å². The summed E-state index contributed by atoms with van der Waals surface area (Å²) in [4.78, 5) is 15.7. The van der Waals surface area contributed by atoms with Gasteiger partial charge in [-0.1, -0.05) is 6.42 Å². The first-order chi connectivity index (χ1) is 10.7. The van der Waals surface area contributed by atoms with Crippen molar-refractivity contribution in [3.8, 4) is 11.5 Å². The van der Waals surface area contributed by atoms with E-state index in [9.17, 15) is 4.79 Å². The average molecular weight is 302 g/mol. The summed E-state index contributed by atoms with van der Waals surface area (Å²) in [5.74, 6) is 2.10. The fourth-order valence-electron chi connectivity index (χ4n) is 3.10. The summed E-state index contributed by atoms with van der Waals surface area (Å²) in [6, 6.07) is 3.84. The van der Waals surface area contributed by atoms with Gasteiger partial charge in [0.1, 0.15) is 19.0 Å². The lowest BCUT2D eigenvalue weighted by molar-refractivity contribution is -0.137. The molecule has 1 aliphatic carbocycles. The van der Waals surface area contributed by atoms with E-state index >= 15 is 0 Å². The molecular weight excluding hydrogens is 284 g/mol. The van der Waals surface area contributed by atoms with Crippen molar-refractivity contribution in [1.29, 1.82) is 0 Å². The zero-order chi connectivity index (χ0) is 15.1. The Morgan fingerprint density at radius 3 is 2.64 bits per heavy atom. The lowest BCUT2D eigenvalue weighted by Crippen LogP contribution is -2.17. The Morgan fingerprint density at radius 1 is 1.27 bits per heavy atom. The third-order valence-corrected chi connectivity index (χ3v) is 4.46. The van der Waals surface area contributed by atoms with E-state index in [0.29, 0.717) is 25.7 Å². The molecule has 0 radical (unpaired) electrons. The summed E-state index contributed by atoms with van der Waals surface area (Å²) in [5, 5.41) is 9.00. The van der Waals surface area contributed by atoms with E-state index in [1.807, 2.05) is 16.7 Å². The molecule has 1 aliphatic heterocycles. The van der Waals surface area contributed by atoms with Gasteiger partial charge in [0.25, 0.3) is 0 Å². The number of carbonyl (C=O) groups is 1. The molecule has 0 amide bonds. The Morgan fingerprint density at radius 2 is 2.00 bits per heavy atom. The first-order valence-corrected chi connectivity index (χ1v) is 7.74. The van der Waals surface area contributed by atoms with Crippen LogP contribution < -0.4 is 9.47 Å². The zero-order valence-electron chi connectivity index (χ0n) is 12.2. The Balaban J connectivity index is 1.81. The van der Waals surface area contributed by atoms with Crippen molar-refractivity contribution in [1.82, 2.24) is 9.55 Å². The van der Waals surface area contributed by atoms with E-state index in [2.05, 4.69) is 0 Å². The third-order valence-electron chi connectivity index (χ3n) is 4.46. The molecule has 2 aromatic rings. The number of aliphatic carboxylic acids is 1. The highest BCUT2D eigenvalue weighted by molar-refractivity contribution is 5.81.